The van der Waals surface area contributed by atoms with Gasteiger partial charge in [-0.05, 0) is 19.1 Å². The molecule has 1 aromatic rings. The fourth-order valence-electron chi connectivity index (χ4n) is 3.76. The summed E-state index contributed by atoms with van der Waals surface area (Å²) >= 11 is 0. The Hall–Kier alpha value is -1.85. The monoisotopic (exact) mass is 342 g/mol. The van der Waals surface area contributed by atoms with Gasteiger partial charge in [-0.25, -0.2) is 0 Å². The summed E-state index contributed by atoms with van der Waals surface area (Å²) in [5.41, 5.74) is 1.28. The molecule has 2 heterocycles. The van der Waals surface area contributed by atoms with Gasteiger partial charge in [-0.2, -0.15) is 0 Å². The molecule has 2 aliphatic heterocycles. The van der Waals surface area contributed by atoms with Crippen LogP contribution in [-0.4, -0.2) is 85.6 Å². The summed E-state index contributed by atoms with van der Waals surface area (Å²) in [7, 11) is 0. The van der Waals surface area contributed by atoms with Crippen molar-refractivity contribution >= 4 is 11.6 Å². The Balaban J connectivity index is 1.48. The predicted molar refractivity (Wildman–Crippen MR) is 103 cm³/mol. The molecule has 0 N–H and O–H groups in total. The number of hydrogen-bond donors (Lipinski definition) is 0. The van der Waals surface area contributed by atoms with Gasteiger partial charge in [0, 0.05) is 64.6 Å². The van der Waals surface area contributed by atoms with Crippen molar-refractivity contribution in [1.82, 2.24) is 14.7 Å². The van der Waals surface area contributed by atoms with Crippen LogP contribution < -0.4 is 4.90 Å². The number of piperazine rings is 2. The molecule has 2 saturated heterocycles. The van der Waals surface area contributed by atoms with Gasteiger partial charge in [-0.15, -0.1) is 6.58 Å². The molecule has 5 heteroatoms. The molecule has 5 nitrogen and oxygen atoms in total. The molecule has 25 heavy (non-hydrogen) atoms. The third kappa shape index (κ3) is 4.41. The highest BCUT2D eigenvalue weighted by atomic mass is 16.2. The van der Waals surface area contributed by atoms with Crippen LogP contribution in [0.5, 0.6) is 0 Å². The van der Waals surface area contributed by atoms with E-state index in [2.05, 4.69) is 58.5 Å². The number of rotatable bonds is 5. The Bertz CT molecular complexity index is 560. The third-order valence-corrected chi connectivity index (χ3v) is 5.41. The molecule has 2 fully saturated rings. The number of carbonyl (C=O) groups is 1. The number of nitrogens with zero attached hydrogens (tertiary/aromatic N) is 4. The summed E-state index contributed by atoms with van der Waals surface area (Å²) in [5, 5.41) is 0. The highest BCUT2D eigenvalue weighted by Gasteiger charge is 2.30. The number of benzene rings is 1. The Morgan fingerprint density at radius 3 is 2.28 bits per heavy atom. The van der Waals surface area contributed by atoms with E-state index in [9.17, 15) is 4.79 Å². The highest BCUT2D eigenvalue weighted by molar-refractivity contribution is 5.81. The van der Waals surface area contributed by atoms with Gasteiger partial charge < -0.3 is 9.80 Å². The first-order valence-electron chi connectivity index (χ1n) is 9.35. The van der Waals surface area contributed by atoms with Crippen LogP contribution in [0.1, 0.15) is 6.92 Å². The van der Waals surface area contributed by atoms with Crippen molar-refractivity contribution in [3.8, 4) is 0 Å². The molecule has 3 rings (SSSR count). The zero-order valence-electron chi connectivity index (χ0n) is 15.3. The van der Waals surface area contributed by atoms with Crippen LogP contribution in [0.4, 0.5) is 5.69 Å². The minimum Gasteiger partial charge on any atom is -0.369 e. The van der Waals surface area contributed by atoms with Crippen molar-refractivity contribution in [2.24, 2.45) is 0 Å². The van der Waals surface area contributed by atoms with Gasteiger partial charge in [0.15, 0.2) is 0 Å². The van der Waals surface area contributed by atoms with Crippen molar-refractivity contribution in [1.29, 1.82) is 0 Å². The van der Waals surface area contributed by atoms with Gasteiger partial charge in [0.25, 0.3) is 0 Å². The average Bonchev–Trinajstić information content (AvgIpc) is 2.68. The van der Waals surface area contributed by atoms with Gasteiger partial charge in [0.1, 0.15) is 0 Å². The summed E-state index contributed by atoms with van der Waals surface area (Å²) in [6.07, 6.45) is 1.94. The smallest absolute Gasteiger partial charge is 0.239 e. The van der Waals surface area contributed by atoms with Gasteiger partial charge >= 0.3 is 0 Å². The first-order valence-corrected chi connectivity index (χ1v) is 9.35. The fourth-order valence-corrected chi connectivity index (χ4v) is 3.76. The highest BCUT2D eigenvalue weighted by Crippen LogP contribution is 2.17. The Labute approximate surface area is 151 Å². The first-order chi connectivity index (χ1) is 12.2. The van der Waals surface area contributed by atoms with Crippen LogP contribution in [0.25, 0.3) is 0 Å². The molecule has 0 bridgehead atoms. The van der Waals surface area contributed by atoms with E-state index in [-0.39, 0.29) is 11.9 Å². The summed E-state index contributed by atoms with van der Waals surface area (Å²) in [6, 6.07) is 10.5. The van der Waals surface area contributed by atoms with E-state index in [1.165, 1.54) is 5.69 Å². The lowest BCUT2D eigenvalue weighted by atomic mass is 10.1. The zero-order chi connectivity index (χ0) is 17.6. The summed E-state index contributed by atoms with van der Waals surface area (Å²) in [6.45, 7) is 14.2. The third-order valence-electron chi connectivity index (χ3n) is 5.41. The molecule has 1 unspecified atom stereocenters. The summed E-state index contributed by atoms with van der Waals surface area (Å²) < 4.78 is 0. The van der Waals surface area contributed by atoms with Crippen LogP contribution in [0.3, 0.4) is 0 Å². The molecule has 1 atom stereocenters. The molecule has 0 saturated carbocycles. The SMILES string of the molecule is C=CCN1CCN(C(=O)C(C)N2CCN(c3ccccc3)CC2)CC1. The lowest BCUT2D eigenvalue weighted by Crippen LogP contribution is -2.57. The van der Waals surface area contributed by atoms with Crippen LogP contribution in [0, 0.1) is 0 Å². The second-order valence-corrected chi connectivity index (χ2v) is 6.95. The summed E-state index contributed by atoms with van der Waals surface area (Å²) in [5.74, 6) is 0.284. The molecule has 1 aromatic carbocycles. The van der Waals surface area contributed by atoms with Crippen molar-refractivity contribution < 1.29 is 4.79 Å². The quantitative estimate of drug-likeness (QED) is 0.759. The van der Waals surface area contributed by atoms with E-state index in [4.69, 9.17) is 0 Å². The second kappa shape index (κ2) is 8.50. The normalized spacial score (nSPS) is 21.2. The molecule has 0 aromatic heterocycles. The number of hydrogen-bond acceptors (Lipinski definition) is 4. The molecular weight excluding hydrogens is 312 g/mol. The maximum absolute atomic E-state index is 12.8. The minimum atomic E-state index is -0.0242. The largest absolute Gasteiger partial charge is 0.369 e. The van der Waals surface area contributed by atoms with Crippen LogP contribution in [0.15, 0.2) is 43.0 Å². The molecule has 0 aliphatic carbocycles. The molecule has 1 amide bonds. The predicted octanol–water partition coefficient (Wildman–Crippen LogP) is 1.53. The van der Waals surface area contributed by atoms with Crippen LogP contribution in [-0.2, 0) is 4.79 Å². The van der Waals surface area contributed by atoms with Crippen LogP contribution >= 0.6 is 0 Å². The van der Waals surface area contributed by atoms with E-state index in [0.717, 1.165) is 58.9 Å². The number of para-hydroxylation sites is 1. The lowest BCUT2D eigenvalue weighted by molar-refractivity contribution is -0.138. The van der Waals surface area contributed by atoms with Gasteiger partial charge in [0.2, 0.25) is 5.91 Å². The Morgan fingerprint density at radius 1 is 1.04 bits per heavy atom. The molecule has 2 aliphatic rings. The molecule has 0 radical (unpaired) electrons. The van der Waals surface area contributed by atoms with Crippen molar-refractivity contribution in [2.75, 3.05) is 63.8 Å². The number of amides is 1. The molecule has 136 valence electrons. The van der Waals surface area contributed by atoms with Crippen molar-refractivity contribution in [3.05, 3.63) is 43.0 Å². The maximum Gasteiger partial charge on any atom is 0.239 e. The van der Waals surface area contributed by atoms with E-state index in [1.807, 2.05) is 11.0 Å². The van der Waals surface area contributed by atoms with E-state index < -0.39 is 0 Å². The Kier molecular flexibility index (Phi) is 6.10. The zero-order valence-corrected chi connectivity index (χ0v) is 15.3. The molecule has 0 spiro atoms. The van der Waals surface area contributed by atoms with Crippen LogP contribution in [0.2, 0.25) is 0 Å². The fraction of sp³-hybridized carbons (Fsp3) is 0.550. The summed E-state index contributed by atoms with van der Waals surface area (Å²) in [4.78, 5) is 22.0. The van der Waals surface area contributed by atoms with Crippen molar-refractivity contribution in [2.45, 2.75) is 13.0 Å². The lowest BCUT2D eigenvalue weighted by Gasteiger charge is -2.41. The molecular formula is C20H30N4O. The number of anilines is 1. The van der Waals surface area contributed by atoms with E-state index in [1.54, 1.807) is 0 Å². The van der Waals surface area contributed by atoms with Gasteiger partial charge in [-0.1, -0.05) is 24.3 Å². The van der Waals surface area contributed by atoms with Gasteiger partial charge in [0.05, 0.1) is 6.04 Å². The average molecular weight is 342 g/mol. The standard InChI is InChI=1S/C20H30N4O/c1-3-9-21-10-12-24(13-11-21)20(25)18(2)22-14-16-23(17-15-22)19-7-5-4-6-8-19/h3-8,18H,1,9-17H2,2H3. The minimum absolute atomic E-state index is 0.0242. The maximum atomic E-state index is 12.8. The first kappa shape index (κ1) is 18.0. The van der Waals surface area contributed by atoms with Crippen molar-refractivity contribution in [3.63, 3.8) is 0 Å². The number of carbonyl (C=O) groups excluding carboxylic acids is 1. The Morgan fingerprint density at radius 2 is 1.68 bits per heavy atom. The van der Waals surface area contributed by atoms with E-state index in [0.29, 0.717) is 0 Å². The topological polar surface area (TPSA) is 30.0 Å². The van der Waals surface area contributed by atoms with E-state index >= 15 is 0 Å². The van der Waals surface area contributed by atoms with Gasteiger partial charge in [-0.3, -0.25) is 14.6 Å². The second-order valence-electron chi connectivity index (χ2n) is 6.95.